The predicted molar refractivity (Wildman–Crippen MR) is 120 cm³/mol. The van der Waals surface area contributed by atoms with Crippen LogP contribution in [-0.2, 0) is 11.0 Å². The maximum atomic E-state index is 14.4. The summed E-state index contributed by atoms with van der Waals surface area (Å²) >= 11 is 0. The number of carbonyl (C=O) groups excluding carboxylic acids is 1. The van der Waals surface area contributed by atoms with Crippen molar-refractivity contribution in [3.8, 4) is 0 Å². The van der Waals surface area contributed by atoms with Crippen LogP contribution in [0.25, 0.3) is 0 Å². The number of piperazine rings is 1. The second-order valence-corrected chi connectivity index (χ2v) is 9.63. The Bertz CT molecular complexity index is 796. The van der Waals surface area contributed by atoms with Gasteiger partial charge in [-0.05, 0) is 76.1 Å². The number of carbonyl (C=O) groups is 1. The maximum absolute atomic E-state index is 14.4. The van der Waals surface area contributed by atoms with Crippen LogP contribution in [0.2, 0.25) is 0 Å². The maximum Gasteiger partial charge on any atom is 0.419 e. The molecule has 1 atom stereocenters. The molecule has 1 amide bonds. The van der Waals surface area contributed by atoms with Crippen molar-refractivity contribution < 1.29 is 22.4 Å². The number of amides is 1. The van der Waals surface area contributed by atoms with Crippen molar-refractivity contribution in [3.63, 3.8) is 0 Å². The fourth-order valence-electron chi connectivity index (χ4n) is 5.37. The zero-order chi connectivity index (χ0) is 23.4. The lowest BCUT2D eigenvalue weighted by molar-refractivity contribution is -0.139. The van der Waals surface area contributed by atoms with E-state index in [1.54, 1.807) is 4.90 Å². The number of anilines is 1. The number of halogens is 4. The van der Waals surface area contributed by atoms with Gasteiger partial charge in [0, 0.05) is 32.2 Å². The number of nitrogens with one attached hydrogen (secondary N) is 2. The molecule has 0 aromatic heterocycles. The Morgan fingerprint density at radius 1 is 1.06 bits per heavy atom. The Labute approximate surface area is 192 Å². The molecule has 2 N–H and O–H groups in total. The van der Waals surface area contributed by atoms with Crippen LogP contribution in [0.4, 0.5) is 23.2 Å². The molecule has 9 heteroatoms. The van der Waals surface area contributed by atoms with Crippen LogP contribution in [0, 0.1) is 11.7 Å². The molecular formula is C24H34F4N4O. The highest BCUT2D eigenvalue weighted by molar-refractivity contribution is 5.82. The molecule has 33 heavy (non-hydrogen) atoms. The van der Waals surface area contributed by atoms with Gasteiger partial charge in [-0.1, -0.05) is 6.07 Å². The summed E-state index contributed by atoms with van der Waals surface area (Å²) in [5, 5.41) is 6.45. The van der Waals surface area contributed by atoms with E-state index >= 15 is 0 Å². The Morgan fingerprint density at radius 3 is 2.42 bits per heavy atom. The summed E-state index contributed by atoms with van der Waals surface area (Å²) in [5.74, 6) is -0.390. The first-order valence-corrected chi connectivity index (χ1v) is 12.2. The van der Waals surface area contributed by atoms with Crippen molar-refractivity contribution in [1.29, 1.82) is 0 Å². The van der Waals surface area contributed by atoms with Gasteiger partial charge in [0.15, 0.2) is 5.82 Å². The van der Waals surface area contributed by atoms with Crippen LogP contribution in [0.5, 0.6) is 0 Å². The Morgan fingerprint density at radius 2 is 1.79 bits per heavy atom. The van der Waals surface area contributed by atoms with E-state index in [1.165, 1.54) is 12.1 Å². The van der Waals surface area contributed by atoms with Crippen LogP contribution in [0.1, 0.15) is 50.5 Å². The summed E-state index contributed by atoms with van der Waals surface area (Å²) in [7, 11) is 0. The van der Waals surface area contributed by atoms with Gasteiger partial charge < -0.3 is 15.5 Å². The summed E-state index contributed by atoms with van der Waals surface area (Å²) in [6.07, 6.45) is 2.65. The topological polar surface area (TPSA) is 47.6 Å². The quantitative estimate of drug-likeness (QED) is 0.622. The molecule has 2 heterocycles. The van der Waals surface area contributed by atoms with E-state index in [0.717, 1.165) is 77.2 Å². The fourth-order valence-corrected chi connectivity index (χ4v) is 5.37. The van der Waals surface area contributed by atoms with Crippen molar-refractivity contribution in [1.82, 2.24) is 15.5 Å². The molecule has 184 valence electrons. The van der Waals surface area contributed by atoms with E-state index in [2.05, 4.69) is 15.5 Å². The molecular weight excluding hydrogens is 436 g/mol. The lowest BCUT2D eigenvalue weighted by Crippen LogP contribution is -2.47. The Hall–Kier alpha value is -1.87. The van der Waals surface area contributed by atoms with E-state index in [-0.39, 0.29) is 23.7 Å². The van der Waals surface area contributed by atoms with E-state index < -0.39 is 17.6 Å². The van der Waals surface area contributed by atoms with Gasteiger partial charge in [-0.15, -0.1) is 0 Å². The predicted octanol–water partition coefficient (Wildman–Crippen LogP) is 3.78. The first kappa shape index (κ1) is 24.3. The smallest absolute Gasteiger partial charge is 0.367 e. The summed E-state index contributed by atoms with van der Waals surface area (Å²) in [5.41, 5.74) is -1.16. The molecule has 1 aliphatic carbocycles. The largest absolute Gasteiger partial charge is 0.419 e. The average Bonchev–Trinajstić information content (AvgIpc) is 3.34. The number of nitrogens with zero attached hydrogens (tertiary/aromatic N) is 2. The highest BCUT2D eigenvalue weighted by atomic mass is 19.4. The third-order valence-electron chi connectivity index (χ3n) is 7.42. The van der Waals surface area contributed by atoms with Crippen molar-refractivity contribution in [3.05, 3.63) is 29.6 Å². The first-order valence-electron chi connectivity index (χ1n) is 12.2. The normalized spacial score (nSPS) is 27.0. The van der Waals surface area contributed by atoms with Gasteiger partial charge in [0.2, 0.25) is 5.91 Å². The van der Waals surface area contributed by atoms with Gasteiger partial charge >= 0.3 is 6.18 Å². The molecule has 3 fully saturated rings. The second kappa shape index (κ2) is 10.6. The SMILES string of the molecule is O=C(NC1CCC(CCN2CCN(c3cccc(C(F)(F)F)c3F)CC2)CC1)[C@@H]1CCCN1. The average molecular weight is 471 g/mol. The lowest BCUT2D eigenvalue weighted by Gasteiger charge is -2.37. The Balaban J connectivity index is 1.17. The standard InChI is InChI=1S/C24H34F4N4O/c25-22-19(24(26,27)28)3-1-5-21(22)32-15-13-31(14-16-32)12-10-17-6-8-18(9-7-17)30-23(33)20-4-2-11-29-20/h1,3,5,17-18,20,29H,2,4,6-16H2,(H,30,33)/t17?,18?,20-/m0/s1. The summed E-state index contributed by atoms with van der Waals surface area (Å²) < 4.78 is 53.4. The zero-order valence-electron chi connectivity index (χ0n) is 19.0. The molecule has 3 aliphatic rings. The number of rotatable bonds is 6. The number of hydrogen-bond acceptors (Lipinski definition) is 4. The molecule has 1 aromatic carbocycles. The van der Waals surface area contributed by atoms with Gasteiger partial charge in [0.25, 0.3) is 0 Å². The minimum absolute atomic E-state index is 0.0224. The zero-order valence-corrected chi connectivity index (χ0v) is 19.0. The first-order chi connectivity index (χ1) is 15.8. The number of hydrogen-bond donors (Lipinski definition) is 2. The van der Waals surface area contributed by atoms with Gasteiger partial charge in [-0.3, -0.25) is 9.69 Å². The lowest BCUT2D eigenvalue weighted by atomic mass is 9.84. The summed E-state index contributed by atoms with van der Waals surface area (Å²) in [6, 6.07) is 3.76. The molecule has 0 bridgehead atoms. The number of benzene rings is 1. The molecule has 0 spiro atoms. The van der Waals surface area contributed by atoms with Gasteiger partial charge in [0.05, 0.1) is 17.3 Å². The molecule has 0 radical (unpaired) electrons. The van der Waals surface area contributed by atoms with Crippen molar-refractivity contribution in [2.45, 2.75) is 63.2 Å². The third kappa shape index (κ3) is 6.18. The molecule has 5 nitrogen and oxygen atoms in total. The molecule has 1 aromatic rings. The minimum Gasteiger partial charge on any atom is -0.367 e. The summed E-state index contributed by atoms with van der Waals surface area (Å²) in [6.45, 7) is 4.35. The van der Waals surface area contributed by atoms with Crippen molar-refractivity contribution in [2.75, 3.05) is 44.2 Å². The van der Waals surface area contributed by atoms with Crippen molar-refractivity contribution in [2.24, 2.45) is 5.92 Å². The second-order valence-electron chi connectivity index (χ2n) is 9.63. The highest BCUT2D eigenvalue weighted by Crippen LogP contribution is 2.35. The van der Waals surface area contributed by atoms with E-state index in [1.807, 2.05) is 0 Å². The highest BCUT2D eigenvalue weighted by Gasteiger charge is 2.36. The van der Waals surface area contributed by atoms with Gasteiger partial charge in [0.1, 0.15) is 0 Å². The molecule has 2 saturated heterocycles. The van der Waals surface area contributed by atoms with Crippen LogP contribution in [-0.4, -0.2) is 62.2 Å². The fraction of sp³-hybridized carbons (Fsp3) is 0.708. The minimum atomic E-state index is -4.68. The number of alkyl halides is 3. The molecule has 4 rings (SSSR count). The Kier molecular flexibility index (Phi) is 7.79. The van der Waals surface area contributed by atoms with Crippen LogP contribution >= 0.6 is 0 Å². The van der Waals surface area contributed by atoms with Gasteiger partial charge in [-0.25, -0.2) is 4.39 Å². The van der Waals surface area contributed by atoms with E-state index in [0.29, 0.717) is 19.0 Å². The summed E-state index contributed by atoms with van der Waals surface area (Å²) in [4.78, 5) is 16.3. The van der Waals surface area contributed by atoms with Crippen LogP contribution in [0.15, 0.2) is 18.2 Å². The van der Waals surface area contributed by atoms with Crippen LogP contribution in [0.3, 0.4) is 0 Å². The van der Waals surface area contributed by atoms with Gasteiger partial charge in [-0.2, -0.15) is 13.2 Å². The third-order valence-corrected chi connectivity index (χ3v) is 7.42. The van der Waals surface area contributed by atoms with Crippen LogP contribution < -0.4 is 15.5 Å². The van der Waals surface area contributed by atoms with E-state index in [4.69, 9.17) is 0 Å². The van der Waals surface area contributed by atoms with Crippen molar-refractivity contribution >= 4 is 11.6 Å². The molecule has 0 unspecified atom stereocenters. The molecule has 2 aliphatic heterocycles. The molecule has 1 saturated carbocycles. The monoisotopic (exact) mass is 470 g/mol. The van der Waals surface area contributed by atoms with E-state index in [9.17, 15) is 22.4 Å².